The van der Waals surface area contributed by atoms with Crippen LogP contribution in [0.3, 0.4) is 0 Å². The zero-order valence-electron chi connectivity index (χ0n) is 22.4. The average Bonchev–Trinajstić information content (AvgIpc) is 3.31. The van der Waals surface area contributed by atoms with E-state index in [-0.39, 0.29) is 6.03 Å². The Hall–Kier alpha value is -4.40. The molecule has 0 atom stereocenters. The third kappa shape index (κ3) is 6.59. The van der Waals surface area contributed by atoms with E-state index in [9.17, 15) is 4.79 Å². The number of carbonyl (C=O) groups is 1. The van der Waals surface area contributed by atoms with Crippen molar-refractivity contribution >= 4 is 45.9 Å². The van der Waals surface area contributed by atoms with Gasteiger partial charge in [0.25, 0.3) is 0 Å². The Kier molecular flexibility index (Phi) is 8.59. The first-order valence-electron chi connectivity index (χ1n) is 13.2. The maximum Gasteiger partial charge on any atom is 0.323 e. The number of rotatable bonds is 10. The molecule has 0 aliphatic carbocycles. The van der Waals surface area contributed by atoms with Crippen LogP contribution in [0.4, 0.5) is 22.0 Å². The van der Waals surface area contributed by atoms with E-state index in [1.165, 1.54) is 6.33 Å². The third-order valence-corrected chi connectivity index (χ3v) is 6.92. The Labute approximate surface area is 238 Å². The first kappa shape index (κ1) is 27.2. The van der Waals surface area contributed by atoms with Crippen molar-refractivity contribution in [2.45, 2.75) is 19.9 Å². The van der Waals surface area contributed by atoms with E-state index in [1.54, 1.807) is 0 Å². The number of hydrogen-bond acceptors (Lipinski definition) is 6. The standard InChI is InChI=1S/C31H31ClN6O2/c1-3-38(2)19-22-8-7-11-25(18-22)37-31(39)36-24-14-12-21(13-15-24)16-17-33-29-26-27(32)28(23-9-5-4-6-10-23)40-30(26)35-20-34-29/h4-15,18,20H,3,16-17,19H2,1-2H3,(H,33,34,35)(H2,36,37,39). The van der Waals surface area contributed by atoms with Gasteiger partial charge in [0.2, 0.25) is 5.71 Å². The van der Waals surface area contributed by atoms with Gasteiger partial charge in [0.05, 0.1) is 0 Å². The maximum absolute atomic E-state index is 12.5. The molecule has 0 radical (unpaired) electrons. The van der Waals surface area contributed by atoms with Crippen LogP contribution in [-0.4, -0.2) is 41.0 Å². The van der Waals surface area contributed by atoms with Crippen molar-refractivity contribution in [2.24, 2.45) is 0 Å². The van der Waals surface area contributed by atoms with E-state index in [1.807, 2.05) is 72.8 Å². The highest BCUT2D eigenvalue weighted by atomic mass is 35.5. The molecule has 2 amide bonds. The summed E-state index contributed by atoms with van der Waals surface area (Å²) in [6.45, 7) is 4.54. The highest BCUT2D eigenvalue weighted by Crippen LogP contribution is 2.39. The van der Waals surface area contributed by atoms with Gasteiger partial charge < -0.3 is 25.3 Å². The summed E-state index contributed by atoms with van der Waals surface area (Å²) < 4.78 is 5.93. The maximum atomic E-state index is 12.5. The van der Waals surface area contributed by atoms with Crippen LogP contribution in [0.15, 0.2) is 89.6 Å². The minimum Gasteiger partial charge on any atom is -0.436 e. The van der Waals surface area contributed by atoms with Crippen LogP contribution < -0.4 is 16.0 Å². The van der Waals surface area contributed by atoms with Crippen molar-refractivity contribution in [3.63, 3.8) is 0 Å². The van der Waals surface area contributed by atoms with Crippen molar-refractivity contribution in [3.8, 4) is 11.3 Å². The van der Waals surface area contributed by atoms with Gasteiger partial charge in [-0.2, -0.15) is 0 Å². The van der Waals surface area contributed by atoms with Crippen molar-refractivity contribution in [1.82, 2.24) is 14.9 Å². The molecule has 0 aliphatic heterocycles. The molecule has 204 valence electrons. The molecule has 5 aromatic rings. The van der Waals surface area contributed by atoms with E-state index in [0.29, 0.717) is 39.9 Å². The molecule has 2 aromatic heterocycles. The van der Waals surface area contributed by atoms with Gasteiger partial charge >= 0.3 is 6.03 Å². The number of benzene rings is 3. The van der Waals surface area contributed by atoms with Crippen molar-refractivity contribution in [2.75, 3.05) is 36.1 Å². The van der Waals surface area contributed by atoms with Gasteiger partial charge in [-0.05, 0) is 55.4 Å². The number of anilines is 3. The molecule has 8 nitrogen and oxygen atoms in total. The number of halogens is 1. The summed E-state index contributed by atoms with van der Waals surface area (Å²) >= 11 is 6.68. The number of nitrogens with zero attached hydrogens (tertiary/aromatic N) is 3. The number of furan rings is 1. The first-order valence-corrected chi connectivity index (χ1v) is 13.5. The van der Waals surface area contributed by atoms with Crippen LogP contribution in [0.1, 0.15) is 18.1 Å². The van der Waals surface area contributed by atoms with Crippen LogP contribution in [-0.2, 0) is 13.0 Å². The van der Waals surface area contributed by atoms with Crippen LogP contribution in [0.25, 0.3) is 22.4 Å². The van der Waals surface area contributed by atoms with E-state index >= 15 is 0 Å². The lowest BCUT2D eigenvalue weighted by Gasteiger charge is -2.15. The van der Waals surface area contributed by atoms with Gasteiger partial charge in [-0.1, -0.05) is 73.1 Å². The molecule has 9 heteroatoms. The number of carbonyl (C=O) groups excluding carboxylic acids is 1. The highest BCUT2D eigenvalue weighted by Gasteiger charge is 2.19. The van der Waals surface area contributed by atoms with Crippen LogP contribution in [0, 0.1) is 0 Å². The van der Waals surface area contributed by atoms with Gasteiger partial charge in [0, 0.05) is 30.0 Å². The summed E-state index contributed by atoms with van der Waals surface area (Å²) in [4.78, 5) is 23.4. The van der Waals surface area contributed by atoms with E-state index in [0.717, 1.165) is 41.9 Å². The lowest BCUT2D eigenvalue weighted by atomic mass is 10.1. The Balaban J connectivity index is 1.16. The summed E-state index contributed by atoms with van der Waals surface area (Å²) in [5.74, 6) is 1.20. The molecule has 0 saturated carbocycles. The normalized spacial score (nSPS) is 11.1. The van der Waals surface area contributed by atoms with Crippen molar-refractivity contribution in [3.05, 3.63) is 101 Å². The number of nitrogens with one attached hydrogen (secondary N) is 3. The molecule has 3 N–H and O–H groups in total. The fourth-order valence-electron chi connectivity index (χ4n) is 4.35. The molecule has 3 aromatic carbocycles. The van der Waals surface area contributed by atoms with Gasteiger partial charge in [0.1, 0.15) is 22.6 Å². The number of amides is 2. The molecular weight excluding hydrogens is 524 g/mol. The Morgan fingerprint density at radius 1 is 0.925 bits per heavy atom. The molecule has 5 rings (SSSR count). The quantitative estimate of drug-likeness (QED) is 0.168. The number of urea groups is 1. The second kappa shape index (κ2) is 12.6. The predicted molar refractivity (Wildman–Crippen MR) is 162 cm³/mol. The van der Waals surface area contributed by atoms with Gasteiger partial charge in [0.15, 0.2) is 5.76 Å². The van der Waals surface area contributed by atoms with Crippen LogP contribution in [0.5, 0.6) is 0 Å². The zero-order chi connectivity index (χ0) is 27.9. The lowest BCUT2D eigenvalue weighted by Crippen LogP contribution is -2.20. The molecule has 0 fully saturated rings. The summed E-state index contributed by atoms with van der Waals surface area (Å²) in [5, 5.41) is 10.3. The monoisotopic (exact) mass is 554 g/mol. The van der Waals surface area contributed by atoms with E-state index in [4.69, 9.17) is 16.0 Å². The van der Waals surface area contributed by atoms with Gasteiger partial charge in [-0.25, -0.2) is 14.8 Å². The molecule has 0 spiro atoms. The minimum absolute atomic E-state index is 0.282. The fraction of sp³-hybridized carbons (Fsp3) is 0.194. The Bertz CT molecular complexity index is 1590. The zero-order valence-corrected chi connectivity index (χ0v) is 23.2. The van der Waals surface area contributed by atoms with Crippen LogP contribution >= 0.6 is 11.6 Å². The average molecular weight is 555 g/mol. The van der Waals surface area contributed by atoms with E-state index < -0.39 is 0 Å². The van der Waals surface area contributed by atoms with E-state index in [2.05, 4.69) is 50.9 Å². The number of hydrogen-bond donors (Lipinski definition) is 3. The highest BCUT2D eigenvalue weighted by molar-refractivity contribution is 6.38. The van der Waals surface area contributed by atoms with Crippen LogP contribution in [0.2, 0.25) is 5.02 Å². The minimum atomic E-state index is -0.282. The molecule has 40 heavy (non-hydrogen) atoms. The summed E-state index contributed by atoms with van der Waals surface area (Å²) in [5.41, 5.74) is 5.05. The molecular formula is C31H31ClN6O2. The molecule has 0 unspecified atom stereocenters. The third-order valence-electron chi connectivity index (χ3n) is 6.56. The summed E-state index contributed by atoms with van der Waals surface area (Å²) in [7, 11) is 2.07. The Morgan fingerprint density at radius 2 is 1.70 bits per heavy atom. The lowest BCUT2D eigenvalue weighted by molar-refractivity contribution is 0.262. The second-order valence-corrected chi connectivity index (χ2v) is 9.88. The van der Waals surface area contributed by atoms with Gasteiger partial charge in [-0.3, -0.25) is 0 Å². The number of fused-ring (bicyclic) bond motifs is 1. The largest absolute Gasteiger partial charge is 0.436 e. The Morgan fingerprint density at radius 3 is 2.48 bits per heavy atom. The molecule has 2 heterocycles. The molecule has 0 saturated heterocycles. The fourth-order valence-corrected chi connectivity index (χ4v) is 4.67. The SMILES string of the molecule is CCN(C)Cc1cccc(NC(=O)Nc2ccc(CCNc3ncnc4oc(-c5ccccc5)c(Cl)c34)cc2)c1. The predicted octanol–water partition coefficient (Wildman–Crippen LogP) is 7.29. The second-order valence-electron chi connectivity index (χ2n) is 9.50. The molecule has 0 aliphatic rings. The topological polar surface area (TPSA) is 95.3 Å². The first-order chi connectivity index (χ1) is 19.5. The molecule has 0 bridgehead atoms. The van der Waals surface area contributed by atoms with Gasteiger partial charge in [-0.15, -0.1) is 0 Å². The van der Waals surface area contributed by atoms with Crippen molar-refractivity contribution in [1.29, 1.82) is 0 Å². The summed E-state index contributed by atoms with van der Waals surface area (Å²) in [6.07, 6.45) is 2.21. The smallest absolute Gasteiger partial charge is 0.323 e. The van der Waals surface area contributed by atoms with Crippen molar-refractivity contribution < 1.29 is 9.21 Å². The number of aromatic nitrogens is 2. The summed E-state index contributed by atoms with van der Waals surface area (Å²) in [6, 6.07) is 25.1.